The van der Waals surface area contributed by atoms with Gasteiger partial charge in [0.1, 0.15) is 11.5 Å². The summed E-state index contributed by atoms with van der Waals surface area (Å²) in [7, 11) is 0. The van der Waals surface area contributed by atoms with Crippen molar-refractivity contribution in [1.29, 1.82) is 0 Å². The van der Waals surface area contributed by atoms with Gasteiger partial charge in [0.2, 0.25) is 0 Å². The highest BCUT2D eigenvalue weighted by Gasteiger charge is 2.03. The quantitative estimate of drug-likeness (QED) is 0.848. The molecule has 0 amide bonds. The molecule has 94 valence electrons. The molecule has 0 radical (unpaired) electrons. The van der Waals surface area contributed by atoms with Crippen LogP contribution in [0.4, 0.5) is 0 Å². The monoisotopic (exact) mass is 243 g/mol. The molecule has 2 rings (SSSR count). The number of hydrogen-bond donors (Lipinski definition) is 2. The smallest absolute Gasteiger partial charge is 0.130 e. The van der Waals surface area contributed by atoms with Crippen molar-refractivity contribution in [3.8, 4) is 11.5 Å². The first kappa shape index (κ1) is 12.6. The van der Waals surface area contributed by atoms with Crippen LogP contribution < -0.4 is 10.5 Å². The average Bonchev–Trinajstić information content (AvgIpc) is 2.42. The third-order valence-corrected chi connectivity index (χ3v) is 2.74. The van der Waals surface area contributed by atoms with E-state index in [2.05, 4.69) is 0 Å². The fourth-order valence-electron chi connectivity index (χ4n) is 1.75. The molecule has 18 heavy (non-hydrogen) atoms. The van der Waals surface area contributed by atoms with Crippen LogP contribution in [0.2, 0.25) is 0 Å². The molecule has 0 fully saturated rings. The fraction of sp³-hybridized carbons (Fsp3) is 0.200. The van der Waals surface area contributed by atoms with Crippen LogP contribution >= 0.6 is 0 Å². The van der Waals surface area contributed by atoms with Gasteiger partial charge in [-0.25, -0.2) is 0 Å². The van der Waals surface area contributed by atoms with Crippen molar-refractivity contribution in [2.24, 2.45) is 5.73 Å². The van der Waals surface area contributed by atoms with Gasteiger partial charge in [0.25, 0.3) is 0 Å². The van der Waals surface area contributed by atoms with Crippen molar-refractivity contribution in [2.45, 2.75) is 13.0 Å². The third-order valence-electron chi connectivity index (χ3n) is 2.74. The van der Waals surface area contributed by atoms with Gasteiger partial charge in [-0.1, -0.05) is 30.3 Å². The lowest BCUT2D eigenvalue weighted by atomic mass is 10.1. The zero-order valence-electron chi connectivity index (χ0n) is 10.2. The molecular formula is C15H17NO2. The van der Waals surface area contributed by atoms with Gasteiger partial charge >= 0.3 is 0 Å². The topological polar surface area (TPSA) is 55.5 Å². The van der Waals surface area contributed by atoms with Crippen LogP contribution in [0.15, 0.2) is 48.5 Å². The molecule has 3 heteroatoms. The standard InChI is InChI=1S/C15H17NO2/c16-11-12-5-7-14(8-6-12)18-15-4-2-1-3-13(15)9-10-17/h1-8,17H,9-11,16H2. The minimum atomic E-state index is 0.118. The Morgan fingerprint density at radius 3 is 2.39 bits per heavy atom. The predicted molar refractivity (Wildman–Crippen MR) is 71.6 cm³/mol. The lowest BCUT2D eigenvalue weighted by Crippen LogP contribution is -1.97. The first-order valence-electron chi connectivity index (χ1n) is 5.99. The van der Waals surface area contributed by atoms with Crippen molar-refractivity contribution in [3.63, 3.8) is 0 Å². The van der Waals surface area contributed by atoms with Gasteiger partial charge in [0.15, 0.2) is 0 Å². The zero-order valence-corrected chi connectivity index (χ0v) is 10.2. The van der Waals surface area contributed by atoms with E-state index in [1.54, 1.807) is 0 Å². The Labute approximate surface area is 107 Å². The SMILES string of the molecule is NCc1ccc(Oc2ccccc2CCO)cc1. The molecule has 0 saturated carbocycles. The molecule has 0 saturated heterocycles. The molecule has 0 aromatic heterocycles. The normalized spacial score (nSPS) is 10.3. The number of nitrogens with two attached hydrogens (primary N) is 1. The van der Waals surface area contributed by atoms with E-state index in [9.17, 15) is 0 Å². The Kier molecular flexibility index (Phi) is 4.34. The lowest BCUT2D eigenvalue weighted by Gasteiger charge is -2.10. The van der Waals surface area contributed by atoms with Gasteiger partial charge in [-0.15, -0.1) is 0 Å². The summed E-state index contributed by atoms with van der Waals surface area (Å²) in [4.78, 5) is 0. The minimum absolute atomic E-state index is 0.118. The Bertz CT molecular complexity index is 494. The number of aliphatic hydroxyl groups is 1. The number of para-hydroxylation sites is 1. The van der Waals surface area contributed by atoms with Gasteiger partial charge in [-0.3, -0.25) is 0 Å². The summed E-state index contributed by atoms with van der Waals surface area (Å²) in [6.45, 7) is 0.647. The van der Waals surface area contributed by atoms with E-state index < -0.39 is 0 Å². The highest BCUT2D eigenvalue weighted by Crippen LogP contribution is 2.25. The Morgan fingerprint density at radius 1 is 1.00 bits per heavy atom. The van der Waals surface area contributed by atoms with Crippen LogP contribution in [0.1, 0.15) is 11.1 Å². The van der Waals surface area contributed by atoms with E-state index in [-0.39, 0.29) is 6.61 Å². The summed E-state index contributed by atoms with van der Waals surface area (Å²) in [5, 5.41) is 9.01. The summed E-state index contributed by atoms with van der Waals surface area (Å²) in [5.41, 5.74) is 7.63. The van der Waals surface area contributed by atoms with Crippen molar-refractivity contribution in [3.05, 3.63) is 59.7 Å². The van der Waals surface area contributed by atoms with Crippen LogP contribution in [0.3, 0.4) is 0 Å². The van der Waals surface area contributed by atoms with E-state index in [4.69, 9.17) is 15.6 Å². The molecule has 2 aromatic carbocycles. The van der Waals surface area contributed by atoms with E-state index in [0.29, 0.717) is 13.0 Å². The summed E-state index contributed by atoms with van der Waals surface area (Å²) in [6, 6.07) is 15.4. The number of rotatable bonds is 5. The molecule has 0 atom stereocenters. The van der Waals surface area contributed by atoms with E-state index in [0.717, 1.165) is 22.6 Å². The van der Waals surface area contributed by atoms with Gasteiger partial charge in [0, 0.05) is 13.2 Å². The number of ether oxygens (including phenoxy) is 1. The first-order valence-corrected chi connectivity index (χ1v) is 5.99. The van der Waals surface area contributed by atoms with Crippen LogP contribution in [-0.4, -0.2) is 11.7 Å². The maximum absolute atomic E-state index is 9.01. The molecule has 0 aliphatic heterocycles. The van der Waals surface area contributed by atoms with E-state index in [1.165, 1.54) is 0 Å². The van der Waals surface area contributed by atoms with Crippen molar-refractivity contribution >= 4 is 0 Å². The van der Waals surface area contributed by atoms with Gasteiger partial charge in [0.05, 0.1) is 0 Å². The van der Waals surface area contributed by atoms with Gasteiger partial charge < -0.3 is 15.6 Å². The molecule has 0 aliphatic carbocycles. The molecule has 3 N–H and O–H groups in total. The van der Waals surface area contributed by atoms with Crippen LogP contribution in [0.25, 0.3) is 0 Å². The van der Waals surface area contributed by atoms with Crippen molar-refractivity contribution in [1.82, 2.24) is 0 Å². The maximum atomic E-state index is 9.01. The Hall–Kier alpha value is -1.84. The number of hydrogen-bond acceptors (Lipinski definition) is 3. The molecule has 0 spiro atoms. The zero-order chi connectivity index (χ0) is 12.8. The van der Waals surface area contributed by atoms with Crippen molar-refractivity contribution < 1.29 is 9.84 Å². The number of benzene rings is 2. The average molecular weight is 243 g/mol. The third kappa shape index (κ3) is 3.09. The second kappa shape index (κ2) is 6.19. The summed E-state index contributed by atoms with van der Waals surface area (Å²) in [6.07, 6.45) is 0.594. The summed E-state index contributed by atoms with van der Waals surface area (Å²) >= 11 is 0. The molecular weight excluding hydrogens is 226 g/mol. The van der Waals surface area contributed by atoms with E-state index in [1.807, 2.05) is 48.5 Å². The van der Waals surface area contributed by atoms with Gasteiger partial charge in [-0.05, 0) is 35.7 Å². The predicted octanol–water partition coefficient (Wildman–Crippen LogP) is 2.47. The molecule has 2 aromatic rings. The Morgan fingerprint density at radius 2 is 1.72 bits per heavy atom. The van der Waals surface area contributed by atoms with E-state index >= 15 is 0 Å². The van der Waals surface area contributed by atoms with Crippen LogP contribution in [0, 0.1) is 0 Å². The number of aliphatic hydroxyl groups excluding tert-OH is 1. The molecule has 0 heterocycles. The fourth-order valence-corrected chi connectivity index (χ4v) is 1.75. The highest BCUT2D eigenvalue weighted by atomic mass is 16.5. The highest BCUT2D eigenvalue weighted by molar-refractivity contribution is 5.38. The Balaban J connectivity index is 2.17. The van der Waals surface area contributed by atoms with Gasteiger partial charge in [-0.2, -0.15) is 0 Å². The summed E-state index contributed by atoms with van der Waals surface area (Å²) < 4.78 is 5.81. The van der Waals surface area contributed by atoms with Crippen LogP contribution in [-0.2, 0) is 13.0 Å². The second-order valence-corrected chi connectivity index (χ2v) is 4.03. The minimum Gasteiger partial charge on any atom is -0.457 e. The first-order chi connectivity index (χ1) is 8.83. The summed E-state index contributed by atoms with van der Waals surface area (Å²) in [5.74, 6) is 1.56. The lowest BCUT2D eigenvalue weighted by molar-refractivity contribution is 0.298. The maximum Gasteiger partial charge on any atom is 0.130 e. The van der Waals surface area contributed by atoms with Crippen LogP contribution in [0.5, 0.6) is 11.5 Å². The molecule has 3 nitrogen and oxygen atoms in total. The van der Waals surface area contributed by atoms with Crippen molar-refractivity contribution in [2.75, 3.05) is 6.61 Å². The largest absolute Gasteiger partial charge is 0.457 e. The molecule has 0 unspecified atom stereocenters. The molecule has 0 aliphatic rings. The molecule has 0 bridgehead atoms. The second-order valence-electron chi connectivity index (χ2n) is 4.03.